The minimum Gasteiger partial charge on any atom is -1.00 e. The Morgan fingerprint density at radius 1 is 1.42 bits per heavy atom. The smallest absolute Gasteiger partial charge is 1.00 e. The van der Waals surface area contributed by atoms with Crippen LogP contribution in [0.5, 0.6) is 0 Å². The number of fused-ring (bicyclic) bond motifs is 1. The molecule has 3 heterocycles. The van der Waals surface area contributed by atoms with Crippen LogP contribution in [0.2, 0.25) is 10.2 Å². The van der Waals surface area contributed by atoms with Crippen LogP contribution < -0.4 is 27.8 Å². The lowest BCUT2D eigenvalue weighted by Gasteiger charge is -2.27. The van der Waals surface area contributed by atoms with Gasteiger partial charge in [0.05, 0.1) is 10.8 Å². The van der Waals surface area contributed by atoms with E-state index in [4.69, 9.17) is 28.9 Å². The molecule has 134 valence electrons. The lowest BCUT2D eigenvalue weighted by Crippen LogP contribution is -3.00. The second kappa shape index (κ2) is 7.23. The number of imidazole rings is 1. The second-order valence-corrected chi connectivity index (χ2v) is 8.21. The summed E-state index contributed by atoms with van der Waals surface area (Å²) in [4.78, 5) is 6.08. The van der Waals surface area contributed by atoms with E-state index in [1.165, 1.54) is 0 Å². The largest absolute Gasteiger partial charge is 1.00 e. The lowest BCUT2D eigenvalue weighted by atomic mass is 10.1. The predicted octanol–water partition coefficient (Wildman–Crippen LogP) is -1.48. The Kier molecular flexibility index (Phi) is 5.89. The number of anilines is 1. The molecule has 2 aromatic rings. The molecule has 1 aliphatic rings. The van der Waals surface area contributed by atoms with Crippen LogP contribution in [0.15, 0.2) is 12.4 Å². The molecule has 0 aromatic carbocycles. The molecule has 0 spiro atoms. The summed E-state index contributed by atoms with van der Waals surface area (Å²) < 4.78 is 27.9. The van der Waals surface area contributed by atoms with Gasteiger partial charge in [-0.15, -0.1) is 0 Å². The monoisotopic (exact) mass is 413 g/mol. The summed E-state index contributed by atoms with van der Waals surface area (Å²) in [6.07, 6.45) is 1.58. The summed E-state index contributed by atoms with van der Waals surface area (Å²) in [5.74, 6) is 0.787. The van der Waals surface area contributed by atoms with E-state index < -0.39 is 10.0 Å². The van der Waals surface area contributed by atoms with Crippen molar-refractivity contribution in [1.29, 1.82) is 0 Å². The predicted molar refractivity (Wildman–Crippen MR) is 92.9 cm³/mol. The lowest BCUT2D eigenvalue weighted by molar-refractivity contribution is -0.00000729. The highest BCUT2D eigenvalue weighted by Gasteiger charge is 2.25. The fourth-order valence-corrected chi connectivity index (χ4v) is 4.33. The molecule has 0 radical (unpaired) electrons. The molecule has 1 saturated heterocycles. The van der Waals surface area contributed by atoms with Gasteiger partial charge in [-0.05, 0) is 13.0 Å². The highest BCUT2D eigenvalue weighted by atomic mass is 35.5. The minimum atomic E-state index is -3.25. The van der Waals surface area contributed by atoms with Crippen molar-refractivity contribution in [3.05, 3.63) is 28.1 Å². The van der Waals surface area contributed by atoms with E-state index >= 15 is 0 Å². The average molecular weight is 415 g/mol. The van der Waals surface area contributed by atoms with Crippen molar-refractivity contribution in [1.82, 2.24) is 14.1 Å². The number of pyridine rings is 1. The zero-order valence-corrected chi connectivity index (χ0v) is 15.9. The van der Waals surface area contributed by atoms with Gasteiger partial charge in [0.1, 0.15) is 17.7 Å². The van der Waals surface area contributed by atoms with Crippen LogP contribution in [0, 0.1) is 0 Å². The Balaban J connectivity index is 0.00000156. The van der Waals surface area contributed by atoms with Crippen molar-refractivity contribution >= 4 is 44.6 Å². The second-order valence-electron chi connectivity index (χ2n) is 5.51. The zero-order valence-electron chi connectivity index (χ0n) is 13.8. The van der Waals surface area contributed by atoms with Gasteiger partial charge in [0.2, 0.25) is 10.0 Å². The molecule has 1 aliphatic heterocycles. The third-order valence-corrected chi connectivity index (χ3v) is 5.77. The molecule has 3 rings (SSSR count). The average Bonchev–Trinajstić information content (AvgIpc) is 2.76. The van der Waals surface area contributed by atoms with Crippen molar-refractivity contribution in [2.75, 3.05) is 30.3 Å². The van der Waals surface area contributed by atoms with Gasteiger partial charge in [0.25, 0.3) is 0 Å². The molecule has 11 heteroatoms. The maximum Gasteiger partial charge on any atom is 1.00 e. The number of sulfonamides is 1. The van der Waals surface area contributed by atoms with E-state index in [0.717, 1.165) is 11.4 Å². The van der Waals surface area contributed by atoms with E-state index in [-0.39, 0.29) is 25.6 Å². The summed E-state index contributed by atoms with van der Waals surface area (Å²) in [6.45, 7) is 3.05. The van der Waals surface area contributed by atoms with Crippen molar-refractivity contribution in [2.24, 2.45) is 5.73 Å². The van der Waals surface area contributed by atoms with Crippen LogP contribution in [0.1, 0.15) is 20.0 Å². The van der Waals surface area contributed by atoms with Crippen LogP contribution >= 0.6 is 23.2 Å². The van der Waals surface area contributed by atoms with E-state index in [1.54, 1.807) is 16.8 Å². The van der Waals surface area contributed by atoms with Gasteiger partial charge in [-0.1, -0.05) is 23.2 Å². The van der Waals surface area contributed by atoms with Crippen LogP contribution in [0.3, 0.4) is 0 Å². The fourth-order valence-electron chi connectivity index (χ4n) is 2.74. The highest BCUT2D eigenvalue weighted by molar-refractivity contribution is 7.89. The van der Waals surface area contributed by atoms with E-state index in [0.29, 0.717) is 35.3 Å². The zero-order chi connectivity index (χ0) is 16.8. The van der Waals surface area contributed by atoms with E-state index in [9.17, 15) is 8.42 Å². The molecule has 0 aliphatic carbocycles. The third kappa shape index (κ3) is 3.58. The first-order valence-electron chi connectivity index (χ1n) is 7.13. The molecular weight excluding hydrogens is 397 g/mol. The van der Waals surface area contributed by atoms with Gasteiger partial charge in [0.15, 0.2) is 5.15 Å². The number of nitrogens with one attached hydrogen (secondary N) is 1. The van der Waals surface area contributed by atoms with Gasteiger partial charge in [-0.3, -0.25) is 4.40 Å². The van der Waals surface area contributed by atoms with Crippen LogP contribution in [0.25, 0.3) is 5.52 Å². The molecule has 0 bridgehead atoms. The summed E-state index contributed by atoms with van der Waals surface area (Å²) in [7, 11) is -3.25. The normalized spacial score (nSPS) is 18.9. The van der Waals surface area contributed by atoms with E-state index in [1.807, 2.05) is 11.8 Å². The molecular formula is C13H18Cl3N5O2S. The van der Waals surface area contributed by atoms with Crippen LogP contribution in [-0.2, 0) is 10.0 Å². The Labute approximate surface area is 158 Å². The first-order chi connectivity index (χ1) is 10.8. The molecule has 1 fully saturated rings. The Bertz CT molecular complexity index is 859. The molecule has 1 atom stereocenters. The molecule has 0 amide bonds. The van der Waals surface area contributed by atoms with Gasteiger partial charge in [-0.25, -0.2) is 18.1 Å². The van der Waals surface area contributed by atoms with Crippen molar-refractivity contribution in [3.63, 3.8) is 0 Å². The minimum absolute atomic E-state index is 0. The molecule has 0 saturated carbocycles. The SMILES string of the molecule is C[C@H](N)c1cc(Cl)c2c(Cl)ncn2c1N1CCNS(=O)(=O)CC1.[Cl-].[H+]. The maximum atomic E-state index is 11.8. The fraction of sp³-hybridized carbons (Fsp3) is 0.462. The number of rotatable bonds is 2. The first kappa shape index (κ1) is 19.6. The van der Waals surface area contributed by atoms with Crippen LogP contribution in [0.4, 0.5) is 5.82 Å². The number of nitrogens with two attached hydrogens (primary N) is 1. The summed E-state index contributed by atoms with van der Waals surface area (Å²) in [6, 6.07) is 1.50. The molecule has 2 aromatic heterocycles. The van der Waals surface area contributed by atoms with Gasteiger partial charge in [-0.2, -0.15) is 0 Å². The van der Waals surface area contributed by atoms with Gasteiger partial charge in [0, 0.05) is 31.2 Å². The van der Waals surface area contributed by atoms with Crippen molar-refractivity contribution in [3.8, 4) is 0 Å². The maximum absolute atomic E-state index is 11.8. The molecule has 3 N–H and O–H groups in total. The number of nitrogens with zero attached hydrogens (tertiary/aromatic N) is 3. The van der Waals surface area contributed by atoms with Gasteiger partial charge < -0.3 is 23.0 Å². The highest BCUT2D eigenvalue weighted by Crippen LogP contribution is 2.34. The Hall–Kier alpha value is -0.770. The summed E-state index contributed by atoms with van der Waals surface area (Å²) >= 11 is 12.4. The topological polar surface area (TPSA) is 92.7 Å². The van der Waals surface area contributed by atoms with Gasteiger partial charge >= 0.3 is 1.43 Å². The standard InChI is InChI=1S/C13H17Cl2N5O2S.ClH/c1-8(16)9-6-10(14)11-12(15)17-7-20(11)13(9)19-3-2-18-23(21,22)5-4-19;/h6-8,18H,2-5,16H2,1H3;1H/t8-;/m0./s1. The Morgan fingerprint density at radius 3 is 2.79 bits per heavy atom. The number of hydrogen-bond acceptors (Lipinski definition) is 5. The quantitative estimate of drug-likeness (QED) is 0.625. The molecule has 24 heavy (non-hydrogen) atoms. The Morgan fingerprint density at radius 2 is 2.12 bits per heavy atom. The van der Waals surface area contributed by atoms with E-state index in [2.05, 4.69) is 9.71 Å². The first-order valence-corrected chi connectivity index (χ1v) is 9.54. The third-order valence-electron chi connectivity index (χ3n) is 3.84. The summed E-state index contributed by atoms with van der Waals surface area (Å²) in [5, 5.41) is 0.761. The van der Waals surface area contributed by atoms with Crippen molar-refractivity contribution in [2.45, 2.75) is 13.0 Å². The number of hydrogen-bond donors (Lipinski definition) is 2. The number of aromatic nitrogens is 2. The van der Waals surface area contributed by atoms with Crippen molar-refractivity contribution < 1.29 is 22.3 Å². The van der Waals surface area contributed by atoms with Crippen LogP contribution in [-0.4, -0.2) is 43.2 Å². The molecule has 7 nitrogen and oxygen atoms in total. The molecule has 0 unspecified atom stereocenters. The summed E-state index contributed by atoms with van der Waals surface area (Å²) in [5.41, 5.74) is 7.50. The number of halogens is 3.